The van der Waals surface area contributed by atoms with Crippen LogP contribution in [0.15, 0.2) is 30.3 Å². The topological polar surface area (TPSA) is 90.9 Å². The Kier molecular flexibility index (Phi) is 3.02. The van der Waals surface area contributed by atoms with Crippen LogP contribution in [0.25, 0.3) is 11.0 Å². The Morgan fingerprint density at radius 1 is 1.33 bits per heavy atom. The van der Waals surface area contributed by atoms with Gasteiger partial charge in [0.15, 0.2) is 11.3 Å². The lowest BCUT2D eigenvalue weighted by Crippen LogP contribution is -2.06. The highest BCUT2D eigenvalue weighted by Gasteiger charge is 2.21. The second kappa shape index (κ2) is 4.86. The van der Waals surface area contributed by atoms with E-state index >= 15 is 0 Å². The molecule has 0 saturated heterocycles. The van der Waals surface area contributed by atoms with Crippen LogP contribution in [0.3, 0.4) is 0 Å². The molecule has 0 aliphatic rings. The molecule has 0 fully saturated rings. The Morgan fingerprint density at radius 3 is 2.81 bits per heavy atom. The molecule has 3 rings (SSSR count). The Bertz CT molecular complexity index is 844. The summed E-state index contributed by atoms with van der Waals surface area (Å²) in [6.07, 6.45) is 0. The van der Waals surface area contributed by atoms with Gasteiger partial charge in [-0.3, -0.25) is 0 Å². The predicted octanol–water partition coefficient (Wildman–Crippen LogP) is 2.85. The van der Waals surface area contributed by atoms with Crippen molar-refractivity contribution in [1.29, 1.82) is 0 Å². The standard InChI is InChI=1S/C14H11FN4O2/c1-7-4-2-3-5-9(7)16-12-8(14(20)21)6-10-13(11(12)15)18-19-17-10/h2-6,16H,1H3,(H,20,21)(H,17,18,19). The zero-order chi connectivity index (χ0) is 15.0. The van der Waals surface area contributed by atoms with Crippen molar-refractivity contribution in [3.05, 3.63) is 47.3 Å². The molecule has 6 nitrogen and oxygen atoms in total. The first-order valence-corrected chi connectivity index (χ1v) is 6.17. The number of carboxylic acids is 1. The van der Waals surface area contributed by atoms with Crippen molar-refractivity contribution in [1.82, 2.24) is 15.4 Å². The number of para-hydroxylation sites is 1. The second-order valence-corrected chi connectivity index (χ2v) is 4.55. The number of halogens is 1. The molecule has 1 aromatic heterocycles. The van der Waals surface area contributed by atoms with E-state index in [2.05, 4.69) is 20.7 Å². The van der Waals surface area contributed by atoms with Gasteiger partial charge in [-0.2, -0.15) is 15.4 Å². The first kappa shape index (κ1) is 13.0. The van der Waals surface area contributed by atoms with Crippen molar-refractivity contribution in [2.24, 2.45) is 0 Å². The number of H-pyrrole nitrogens is 1. The van der Waals surface area contributed by atoms with Crippen LogP contribution >= 0.6 is 0 Å². The lowest BCUT2D eigenvalue weighted by atomic mass is 10.1. The minimum Gasteiger partial charge on any atom is -0.478 e. The molecule has 0 amide bonds. The van der Waals surface area contributed by atoms with Crippen LogP contribution in [0, 0.1) is 12.7 Å². The summed E-state index contributed by atoms with van der Waals surface area (Å²) in [4.78, 5) is 11.3. The summed E-state index contributed by atoms with van der Waals surface area (Å²) in [6.45, 7) is 1.84. The van der Waals surface area contributed by atoms with Gasteiger partial charge < -0.3 is 10.4 Å². The van der Waals surface area contributed by atoms with Gasteiger partial charge in [0.1, 0.15) is 5.52 Å². The SMILES string of the molecule is Cc1ccccc1Nc1c(C(=O)O)cc2n[nH]nc2c1F. The maximum atomic E-state index is 14.5. The molecule has 7 heteroatoms. The van der Waals surface area contributed by atoms with Crippen LogP contribution in [0.5, 0.6) is 0 Å². The van der Waals surface area contributed by atoms with Gasteiger partial charge in [0, 0.05) is 5.69 Å². The average molecular weight is 286 g/mol. The van der Waals surface area contributed by atoms with Crippen molar-refractivity contribution < 1.29 is 14.3 Å². The Morgan fingerprint density at radius 2 is 2.10 bits per heavy atom. The van der Waals surface area contributed by atoms with Gasteiger partial charge in [0.2, 0.25) is 0 Å². The van der Waals surface area contributed by atoms with Crippen LogP contribution in [-0.4, -0.2) is 26.5 Å². The molecular weight excluding hydrogens is 275 g/mol. The predicted molar refractivity (Wildman–Crippen MR) is 75.3 cm³/mol. The molecule has 21 heavy (non-hydrogen) atoms. The van der Waals surface area contributed by atoms with Gasteiger partial charge in [-0.25, -0.2) is 9.18 Å². The highest BCUT2D eigenvalue weighted by molar-refractivity contribution is 6.00. The van der Waals surface area contributed by atoms with E-state index in [0.29, 0.717) is 5.69 Å². The normalized spacial score (nSPS) is 10.8. The smallest absolute Gasteiger partial charge is 0.338 e. The fraction of sp³-hybridized carbons (Fsp3) is 0.0714. The number of nitrogens with one attached hydrogen (secondary N) is 2. The van der Waals surface area contributed by atoms with Crippen LogP contribution < -0.4 is 5.32 Å². The van der Waals surface area contributed by atoms with Crippen molar-refractivity contribution in [3.8, 4) is 0 Å². The number of carboxylic acid groups (broad SMARTS) is 1. The zero-order valence-electron chi connectivity index (χ0n) is 11.0. The molecule has 0 aliphatic carbocycles. The van der Waals surface area contributed by atoms with E-state index in [1.165, 1.54) is 6.07 Å². The summed E-state index contributed by atoms with van der Waals surface area (Å²) in [5.41, 5.74) is 1.34. The number of rotatable bonds is 3. The molecule has 106 valence electrons. The number of aromatic carboxylic acids is 1. The van der Waals surface area contributed by atoms with E-state index in [4.69, 9.17) is 0 Å². The molecule has 0 bridgehead atoms. The summed E-state index contributed by atoms with van der Waals surface area (Å²) in [7, 11) is 0. The van der Waals surface area contributed by atoms with E-state index in [0.717, 1.165) is 5.56 Å². The maximum absolute atomic E-state index is 14.5. The van der Waals surface area contributed by atoms with E-state index < -0.39 is 11.8 Å². The minimum absolute atomic E-state index is 0.00363. The van der Waals surface area contributed by atoms with Crippen molar-refractivity contribution >= 4 is 28.4 Å². The molecule has 3 aromatic rings. The average Bonchev–Trinajstić information content (AvgIpc) is 2.92. The third kappa shape index (κ3) is 2.18. The summed E-state index contributed by atoms with van der Waals surface area (Å²) in [6, 6.07) is 8.49. The molecular formula is C14H11FN4O2. The van der Waals surface area contributed by atoms with E-state index in [-0.39, 0.29) is 22.3 Å². The molecule has 2 aromatic carbocycles. The first-order valence-electron chi connectivity index (χ1n) is 6.17. The van der Waals surface area contributed by atoms with Crippen LogP contribution in [0.4, 0.5) is 15.8 Å². The van der Waals surface area contributed by atoms with E-state index in [9.17, 15) is 14.3 Å². The van der Waals surface area contributed by atoms with Gasteiger partial charge in [-0.05, 0) is 24.6 Å². The third-order valence-corrected chi connectivity index (χ3v) is 3.19. The lowest BCUT2D eigenvalue weighted by molar-refractivity contribution is 0.0697. The van der Waals surface area contributed by atoms with Gasteiger partial charge >= 0.3 is 5.97 Å². The molecule has 0 saturated carbocycles. The van der Waals surface area contributed by atoms with Crippen molar-refractivity contribution in [2.75, 3.05) is 5.32 Å². The summed E-state index contributed by atoms with van der Waals surface area (Å²) in [5, 5.41) is 21.8. The number of aromatic nitrogens is 3. The quantitative estimate of drug-likeness (QED) is 0.688. The van der Waals surface area contributed by atoms with Gasteiger partial charge in [0.25, 0.3) is 0 Å². The second-order valence-electron chi connectivity index (χ2n) is 4.55. The number of aromatic amines is 1. The van der Waals surface area contributed by atoms with E-state index in [1.54, 1.807) is 12.1 Å². The van der Waals surface area contributed by atoms with Crippen molar-refractivity contribution in [3.63, 3.8) is 0 Å². The number of carbonyl (C=O) groups is 1. The molecule has 0 atom stereocenters. The monoisotopic (exact) mass is 286 g/mol. The summed E-state index contributed by atoms with van der Waals surface area (Å²) < 4.78 is 14.5. The van der Waals surface area contributed by atoms with Crippen LogP contribution in [-0.2, 0) is 0 Å². The Hall–Kier alpha value is -2.96. The van der Waals surface area contributed by atoms with Crippen molar-refractivity contribution in [2.45, 2.75) is 6.92 Å². The Labute approximate surface area is 118 Å². The fourth-order valence-corrected chi connectivity index (χ4v) is 2.09. The number of nitrogens with zero attached hydrogens (tertiary/aromatic N) is 2. The molecule has 0 radical (unpaired) electrons. The van der Waals surface area contributed by atoms with Crippen LogP contribution in [0.2, 0.25) is 0 Å². The largest absolute Gasteiger partial charge is 0.478 e. The molecule has 3 N–H and O–H groups in total. The number of hydrogen-bond acceptors (Lipinski definition) is 4. The zero-order valence-corrected chi connectivity index (χ0v) is 11.0. The summed E-state index contributed by atoms with van der Waals surface area (Å²) in [5.74, 6) is -1.99. The molecule has 0 unspecified atom stereocenters. The lowest BCUT2D eigenvalue weighted by Gasteiger charge is -2.12. The highest BCUT2D eigenvalue weighted by Crippen LogP contribution is 2.30. The van der Waals surface area contributed by atoms with Gasteiger partial charge in [-0.1, -0.05) is 18.2 Å². The minimum atomic E-state index is -1.24. The van der Waals surface area contributed by atoms with Crippen LogP contribution in [0.1, 0.15) is 15.9 Å². The third-order valence-electron chi connectivity index (χ3n) is 3.19. The fourth-order valence-electron chi connectivity index (χ4n) is 2.09. The van der Waals surface area contributed by atoms with E-state index in [1.807, 2.05) is 19.1 Å². The molecule has 1 heterocycles. The number of hydrogen-bond donors (Lipinski definition) is 3. The van der Waals surface area contributed by atoms with Gasteiger partial charge in [0.05, 0.1) is 11.3 Å². The van der Waals surface area contributed by atoms with Gasteiger partial charge in [-0.15, -0.1) is 0 Å². The maximum Gasteiger partial charge on any atom is 0.338 e. The molecule has 0 spiro atoms. The summed E-state index contributed by atoms with van der Waals surface area (Å²) >= 11 is 0. The molecule has 0 aliphatic heterocycles. The number of anilines is 2. The number of fused-ring (bicyclic) bond motifs is 1. The number of benzene rings is 2. The first-order chi connectivity index (χ1) is 10.1. The highest BCUT2D eigenvalue weighted by atomic mass is 19.1. The Balaban J connectivity index is 2.20. The number of aryl methyl sites for hydroxylation is 1.